The number of rotatable bonds is 3. The molecule has 2 aliphatic rings. The summed E-state index contributed by atoms with van der Waals surface area (Å²) in [5.74, 6) is 1.89. The van der Waals surface area contributed by atoms with E-state index in [0.717, 1.165) is 12.2 Å². The second-order valence-corrected chi connectivity index (χ2v) is 6.87. The van der Waals surface area contributed by atoms with Crippen LogP contribution in [0.4, 0.5) is 0 Å². The Morgan fingerprint density at radius 3 is 2.30 bits per heavy atom. The topological polar surface area (TPSA) is 27.7 Å². The lowest BCUT2D eigenvalue weighted by Gasteiger charge is -2.32. The van der Waals surface area contributed by atoms with Crippen LogP contribution in [-0.2, 0) is 9.31 Å². The van der Waals surface area contributed by atoms with Crippen molar-refractivity contribution < 1.29 is 14.0 Å². The Morgan fingerprint density at radius 2 is 1.70 bits per heavy atom. The number of hydrogen-bond donors (Lipinski definition) is 0. The maximum Gasteiger partial charge on any atom is 0.461 e. The van der Waals surface area contributed by atoms with Crippen LogP contribution < -0.4 is 4.74 Å². The van der Waals surface area contributed by atoms with E-state index in [9.17, 15) is 0 Å². The summed E-state index contributed by atoms with van der Waals surface area (Å²) >= 11 is 0. The van der Waals surface area contributed by atoms with Gasteiger partial charge in [0.05, 0.1) is 18.3 Å². The normalized spacial score (nSPS) is 30.4. The van der Waals surface area contributed by atoms with Crippen LogP contribution in [0.15, 0.2) is 24.3 Å². The highest BCUT2D eigenvalue weighted by Crippen LogP contribution is 2.59. The van der Waals surface area contributed by atoms with Gasteiger partial charge in [-0.1, -0.05) is 18.2 Å². The fourth-order valence-corrected chi connectivity index (χ4v) is 2.91. The van der Waals surface area contributed by atoms with Gasteiger partial charge < -0.3 is 14.0 Å². The summed E-state index contributed by atoms with van der Waals surface area (Å²) in [6.45, 7) is 8.42. The standard InChI is InChI=1S/C16H23BO3/c1-15(2)16(3,4)20-17(19-15)13-10-12(13)11-8-6-7-9-14(11)18-5/h6-9,12-13H,10H2,1-5H3. The van der Waals surface area contributed by atoms with Crippen molar-refractivity contribution in [3.8, 4) is 5.75 Å². The largest absolute Gasteiger partial charge is 0.496 e. The molecule has 2 unspecified atom stereocenters. The third-order valence-corrected chi connectivity index (χ3v) is 5.00. The Labute approximate surface area is 121 Å². The summed E-state index contributed by atoms with van der Waals surface area (Å²) in [5, 5.41) is 0. The first kappa shape index (κ1) is 14.0. The van der Waals surface area contributed by atoms with Crippen LogP contribution in [0.25, 0.3) is 0 Å². The molecule has 1 saturated heterocycles. The van der Waals surface area contributed by atoms with Crippen molar-refractivity contribution in [1.29, 1.82) is 0 Å². The average molecular weight is 274 g/mol. The zero-order valence-electron chi connectivity index (χ0n) is 13.0. The highest BCUT2D eigenvalue weighted by Gasteiger charge is 2.60. The molecule has 0 spiro atoms. The van der Waals surface area contributed by atoms with Crippen LogP contribution in [-0.4, -0.2) is 25.4 Å². The van der Waals surface area contributed by atoms with Gasteiger partial charge in [0.2, 0.25) is 0 Å². The maximum absolute atomic E-state index is 6.15. The van der Waals surface area contributed by atoms with E-state index in [-0.39, 0.29) is 18.3 Å². The summed E-state index contributed by atoms with van der Waals surface area (Å²) in [4.78, 5) is 0. The second-order valence-electron chi connectivity index (χ2n) is 6.87. The summed E-state index contributed by atoms with van der Waals surface area (Å²) in [5.41, 5.74) is 0.784. The smallest absolute Gasteiger partial charge is 0.461 e. The van der Waals surface area contributed by atoms with Crippen molar-refractivity contribution >= 4 is 7.12 Å². The monoisotopic (exact) mass is 274 g/mol. The summed E-state index contributed by atoms with van der Waals surface area (Å²) in [7, 11) is 1.63. The first-order valence-corrected chi connectivity index (χ1v) is 7.34. The average Bonchev–Trinajstić information content (AvgIpc) is 3.13. The highest BCUT2D eigenvalue weighted by molar-refractivity contribution is 6.49. The number of para-hydroxylation sites is 1. The molecule has 3 rings (SSSR count). The van der Waals surface area contributed by atoms with Crippen molar-refractivity contribution in [3.63, 3.8) is 0 Å². The number of hydrogen-bond acceptors (Lipinski definition) is 3. The van der Waals surface area contributed by atoms with E-state index in [1.165, 1.54) is 5.56 Å². The molecule has 108 valence electrons. The van der Waals surface area contributed by atoms with Crippen molar-refractivity contribution in [2.24, 2.45) is 0 Å². The molecule has 0 bridgehead atoms. The quantitative estimate of drug-likeness (QED) is 0.787. The lowest BCUT2D eigenvalue weighted by molar-refractivity contribution is 0.00578. The van der Waals surface area contributed by atoms with Gasteiger partial charge in [-0.25, -0.2) is 0 Å². The Bertz CT molecular complexity index is 496. The molecule has 1 saturated carbocycles. The molecule has 1 aromatic rings. The number of ether oxygens (including phenoxy) is 1. The Balaban J connectivity index is 1.75. The first-order valence-electron chi connectivity index (χ1n) is 7.34. The third-order valence-electron chi connectivity index (χ3n) is 5.00. The van der Waals surface area contributed by atoms with E-state index >= 15 is 0 Å². The molecule has 2 atom stereocenters. The van der Waals surface area contributed by atoms with Crippen molar-refractivity contribution in [1.82, 2.24) is 0 Å². The second kappa shape index (κ2) is 4.50. The Hall–Kier alpha value is -0.995. The van der Waals surface area contributed by atoms with Crippen LogP contribution in [0.5, 0.6) is 5.75 Å². The van der Waals surface area contributed by atoms with Crippen LogP contribution in [0, 0.1) is 0 Å². The lowest BCUT2D eigenvalue weighted by Crippen LogP contribution is -2.41. The highest BCUT2D eigenvalue weighted by atomic mass is 16.7. The molecule has 0 N–H and O–H groups in total. The predicted octanol–water partition coefficient (Wildman–Crippen LogP) is 3.64. The molecule has 0 radical (unpaired) electrons. The van der Waals surface area contributed by atoms with E-state index in [4.69, 9.17) is 14.0 Å². The van der Waals surface area contributed by atoms with E-state index in [2.05, 4.69) is 39.8 Å². The molecule has 1 heterocycles. The molecule has 1 aliphatic carbocycles. The van der Waals surface area contributed by atoms with Crippen molar-refractivity contribution in [2.45, 2.75) is 57.1 Å². The van der Waals surface area contributed by atoms with Gasteiger partial charge >= 0.3 is 7.12 Å². The molecule has 1 aromatic carbocycles. The van der Waals surface area contributed by atoms with Gasteiger partial charge in [0, 0.05) is 5.82 Å². The third kappa shape index (κ3) is 2.15. The summed E-state index contributed by atoms with van der Waals surface area (Å²) in [6, 6.07) is 8.25. The van der Waals surface area contributed by atoms with Crippen LogP contribution in [0.1, 0.15) is 45.6 Å². The maximum atomic E-state index is 6.15. The molecule has 20 heavy (non-hydrogen) atoms. The molecular weight excluding hydrogens is 251 g/mol. The molecule has 0 aromatic heterocycles. The zero-order valence-corrected chi connectivity index (χ0v) is 13.0. The van der Waals surface area contributed by atoms with Gasteiger partial charge in [-0.3, -0.25) is 0 Å². The van der Waals surface area contributed by atoms with E-state index in [1.54, 1.807) is 7.11 Å². The molecule has 2 fully saturated rings. The van der Waals surface area contributed by atoms with Gasteiger partial charge in [-0.2, -0.15) is 0 Å². The van der Waals surface area contributed by atoms with Gasteiger partial charge in [-0.15, -0.1) is 0 Å². The van der Waals surface area contributed by atoms with Crippen LogP contribution in [0.3, 0.4) is 0 Å². The van der Waals surface area contributed by atoms with Crippen molar-refractivity contribution in [3.05, 3.63) is 29.8 Å². The summed E-state index contributed by atoms with van der Waals surface area (Å²) < 4.78 is 17.8. The van der Waals surface area contributed by atoms with Gasteiger partial charge in [-0.05, 0) is 51.7 Å². The Morgan fingerprint density at radius 1 is 1.10 bits per heavy atom. The van der Waals surface area contributed by atoms with Crippen LogP contribution >= 0.6 is 0 Å². The molecule has 1 aliphatic heterocycles. The number of methoxy groups -OCH3 is 1. The van der Waals surface area contributed by atoms with Gasteiger partial charge in [0.1, 0.15) is 5.75 Å². The molecular formula is C16H23BO3. The SMILES string of the molecule is COc1ccccc1C1CC1B1OC(C)(C)C(C)(C)O1. The Kier molecular flexibility index (Phi) is 3.14. The van der Waals surface area contributed by atoms with Crippen LogP contribution in [0.2, 0.25) is 5.82 Å². The minimum atomic E-state index is -0.244. The molecule has 4 heteroatoms. The fourth-order valence-electron chi connectivity index (χ4n) is 2.91. The fraction of sp³-hybridized carbons (Fsp3) is 0.625. The van der Waals surface area contributed by atoms with E-state index in [0.29, 0.717) is 11.7 Å². The minimum absolute atomic E-state index is 0.102. The predicted molar refractivity (Wildman–Crippen MR) is 80.2 cm³/mol. The van der Waals surface area contributed by atoms with E-state index in [1.807, 2.05) is 12.1 Å². The van der Waals surface area contributed by atoms with Gasteiger partial charge in [0.25, 0.3) is 0 Å². The minimum Gasteiger partial charge on any atom is -0.496 e. The molecule has 3 nitrogen and oxygen atoms in total. The lowest BCUT2D eigenvalue weighted by atomic mass is 9.79. The first-order chi connectivity index (χ1) is 9.36. The van der Waals surface area contributed by atoms with Gasteiger partial charge in [0.15, 0.2) is 0 Å². The molecule has 0 amide bonds. The van der Waals surface area contributed by atoms with E-state index < -0.39 is 0 Å². The zero-order chi connectivity index (χ0) is 14.5. The number of benzene rings is 1. The summed E-state index contributed by atoms with van der Waals surface area (Å²) in [6.07, 6.45) is 1.11. The van der Waals surface area contributed by atoms with Crippen molar-refractivity contribution in [2.75, 3.05) is 7.11 Å².